The number of alkyl halides is 3. The molecule has 0 aromatic heterocycles. The summed E-state index contributed by atoms with van der Waals surface area (Å²) in [6.45, 7) is 3.53. The van der Waals surface area contributed by atoms with Gasteiger partial charge in [-0.05, 0) is 26.7 Å². The number of carbonyl (C=O) groups excluding carboxylic acids is 1. The molecular formula is C16H20F3NO2. The molecule has 0 radical (unpaired) electrons. The zero-order valence-corrected chi connectivity index (χ0v) is 12.9. The number of rotatable bonds is 3. The lowest BCUT2D eigenvalue weighted by atomic mass is 9.90. The fourth-order valence-electron chi connectivity index (χ4n) is 3.18. The minimum atomic E-state index is -4.85. The van der Waals surface area contributed by atoms with Crippen LogP contribution in [0.1, 0.15) is 32.3 Å². The van der Waals surface area contributed by atoms with E-state index in [9.17, 15) is 18.0 Å². The van der Waals surface area contributed by atoms with Gasteiger partial charge in [0.15, 0.2) is 0 Å². The SMILES string of the molecule is COC(C(=O)N1C(C)CCC1C)(c1ccccc1)C(F)(F)F. The molecule has 1 aliphatic heterocycles. The molecule has 0 spiro atoms. The van der Waals surface area contributed by atoms with Gasteiger partial charge in [-0.2, -0.15) is 13.2 Å². The molecule has 0 N–H and O–H groups in total. The molecule has 3 unspecified atom stereocenters. The molecule has 1 amide bonds. The third-order valence-electron chi connectivity index (χ3n) is 4.37. The quantitative estimate of drug-likeness (QED) is 0.854. The Morgan fingerprint density at radius 1 is 1.14 bits per heavy atom. The first kappa shape index (κ1) is 16.8. The molecule has 0 aliphatic carbocycles. The Balaban J connectivity index is 2.56. The smallest absolute Gasteiger partial charge is 0.356 e. The van der Waals surface area contributed by atoms with E-state index in [0.29, 0.717) is 12.8 Å². The van der Waals surface area contributed by atoms with Crippen molar-refractivity contribution in [2.24, 2.45) is 0 Å². The molecule has 1 aliphatic rings. The number of methoxy groups -OCH3 is 1. The van der Waals surface area contributed by atoms with E-state index >= 15 is 0 Å². The Kier molecular flexibility index (Phi) is 4.52. The standard InChI is InChI=1S/C16H20F3NO2/c1-11-9-10-12(2)20(11)14(21)15(22-3,16(17,18)19)13-7-5-4-6-8-13/h4-8,11-12H,9-10H2,1-3H3. The highest BCUT2D eigenvalue weighted by Gasteiger charge is 2.64. The number of amides is 1. The zero-order chi connectivity index (χ0) is 16.5. The molecule has 1 saturated heterocycles. The van der Waals surface area contributed by atoms with Gasteiger partial charge >= 0.3 is 6.18 Å². The molecular weight excluding hydrogens is 295 g/mol. The minimum absolute atomic E-state index is 0.193. The van der Waals surface area contributed by atoms with Gasteiger partial charge in [0.1, 0.15) is 0 Å². The molecule has 3 nitrogen and oxygen atoms in total. The normalized spacial score (nSPS) is 25.1. The van der Waals surface area contributed by atoms with Crippen molar-refractivity contribution >= 4 is 5.91 Å². The van der Waals surface area contributed by atoms with Crippen molar-refractivity contribution in [3.05, 3.63) is 35.9 Å². The fourth-order valence-corrected chi connectivity index (χ4v) is 3.18. The monoisotopic (exact) mass is 315 g/mol. The van der Waals surface area contributed by atoms with E-state index in [0.717, 1.165) is 7.11 Å². The largest absolute Gasteiger partial charge is 0.430 e. The van der Waals surface area contributed by atoms with E-state index in [1.807, 2.05) is 0 Å². The van der Waals surface area contributed by atoms with Crippen LogP contribution in [0.5, 0.6) is 0 Å². The van der Waals surface area contributed by atoms with Crippen LogP contribution in [0.3, 0.4) is 0 Å². The van der Waals surface area contributed by atoms with E-state index in [1.165, 1.54) is 29.2 Å². The molecule has 122 valence electrons. The summed E-state index contributed by atoms with van der Waals surface area (Å²) < 4.78 is 46.4. The zero-order valence-electron chi connectivity index (χ0n) is 12.9. The molecule has 3 atom stereocenters. The number of halogens is 3. The van der Waals surface area contributed by atoms with E-state index in [2.05, 4.69) is 0 Å². The summed E-state index contributed by atoms with van der Waals surface area (Å²) in [6.07, 6.45) is -3.46. The van der Waals surface area contributed by atoms with Gasteiger partial charge in [-0.15, -0.1) is 0 Å². The van der Waals surface area contributed by atoms with Gasteiger partial charge in [0, 0.05) is 24.8 Å². The lowest BCUT2D eigenvalue weighted by Gasteiger charge is -2.39. The highest BCUT2D eigenvalue weighted by Crippen LogP contribution is 2.45. The summed E-state index contributed by atoms with van der Waals surface area (Å²) >= 11 is 0. The number of carbonyl (C=O) groups is 1. The van der Waals surface area contributed by atoms with Crippen LogP contribution in [0.15, 0.2) is 30.3 Å². The predicted octanol–water partition coefficient (Wildman–Crippen LogP) is 3.49. The number of benzene rings is 1. The van der Waals surface area contributed by atoms with Crippen molar-refractivity contribution in [3.63, 3.8) is 0 Å². The molecule has 0 saturated carbocycles. The number of hydrogen-bond acceptors (Lipinski definition) is 2. The second-order valence-electron chi connectivity index (χ2n) is 5.74. The van der Waals surface area contributed by atoms with Crippen LogP contribution in [0.2, 0.25) is 0 Å². The summed E-state index contributed by atoms with van der Waals surface area (Å²) in [4.78, 5) is 14.2. The highest BCUT2D eigenvalue weighted by atomic mass is 19.4. The molecule has 2 rings (SSSR count). The molecule has 0 bridgehead atoms. The van der Waals surface area contributed by atoms with Crippen molar-refractivity contribution in [3.8, 4) is 0 Å². The maximum absolute atomic E-state index is 13.8. The first-order valence-corrected chi connectivity index (χ1v) is 7.26. The lowest BCUT2D eigenvalue weighted by molar-refractivity contribution is -0.271. The van der Waals surface area contributed by atoms with E-state index in [4.69, 9.17) is 4.74 Å². The molecule has 22 heavy (non-hydrogen) atoms. The summed E-state index contributed by atoms with van der Waals surface area (Å²) in [5, 5.41) is 0. The summed E-state index contributed by atoms with van der Waals surface area (Å²) in [6, 6.07) is 6.64. The van der Waals surface area contributed by atoms with Gasteiger partial charge in [-0.25, -0.2) is 0 Å². The number of ether oxygens (including phenoxy) is 1. The fraction of sp³-hybridized carbons (Fsp3) is 0.562. The van der Waals surface area contributed by atoms with Crippen LogP contribution < -0.4 is 0 Å². The van der Waals surface area contributed by atoms with Gasteiger partial charge < -0.3 is 9.64 Å². The lowest BCUT2D eigenvalue weighted by Crippen LogP contribution is -2.58. The van der Waals surface area contributed by atoms with Crippen LogP contribution in [-0.2, 0) is 15.1 Å². The Morgan fingerprint density at radius 2 is 1.64 bits per heavy atom. The van der Waals surface area contributed by atoms with E-state index in [-0.39, 0.29) is 17.6 Å². The second-order valence-corrected chi connectivity index (χ2v) is 5.74. The Labute approximate surface area is 128 Å². The third-order valence-corrected chi connectivity index (χ3v) is 4.37. The van der Waals surface area contributed by atoms with Crippen LogP contribution >= 0.6 is 0 Å². The average molecular weight is 315 g/mol. The van der Waals surface area contributed by atoms with Crippen LogP contribution in [0.25, 0.3) is 0 Å². The van der Waals surface area contributed by atoms with Crippen LogP contribution in [0.4, 0.5) is 13.2 Å². The van der Waals surface area contributed by atoms with Gasteiger partial charge in [0.2, 0.25) is 0 Å². The highest BCUT2D eigenvalue weighted by molar-refractivity contribution is 5.88. The van der Waals surface area contributed by atoms with E-state index < -0.39 is 17.7 Å². The van der Waals surface area contributed by atoms with Crippen molar-refractivity contribution in [2.45, 2.75) is 50.6 Å². The van der Waals surface area contributed by atoms with Gasteiger partial charge in [0.25, 0.3) is 11.5 Å². The maximum atomic E-state index is 13.8. The van der Waals surface area contributed by atoms with E-state index in [1.54, 1.807) is 19.9 Å². The molecule has 1 aromatic carbocycles. The number of likely N-dealkylation sites (tertiary alicyclic amines) is 1. The first-order valence-electron chi connectivity index (χ1n) is 7.26. The van der Waals surface area contributed by atoms with Crippen LogP contribution in [0, 0.1) is 0 Å². The summed E-state index contributed by atoms with van der Waals surface area (Å²) in [5.74, 6) is -1.04. The van der Waals surface area contributed by atoms with Crippen molar-refractivity contribution in [1.82, 2.24) is 4.90 Å². The summed E-state index contributed by atoms with van der Waals surface area (Å²) in [5.41, 5.74) is -3.15. The summed E-state index contributed by atoms with van der Waals surface area (Å²) in [7, 11) is 0.934. The third kappa shape index (κ3) is 2.49. The van der Waals surface area contributed by atoms with Crippen LogP contribution in [-0.4, -0.2) is 36.2 Å². The Hall–Kier alpha value is -1.56. The number of hydrogen-bond donors (Lipinski definition) is 0. The van der Waals surface area contributed by atoms with Gasteiger partial charge in [-0.1, -0.05) is 30.3 Å². The molecule has 1 fully saturated rings. The topological polar surface area (TPSA) is 29.5 Å². The van der Waals surface area contributed by atoms with Gasteiger partial charge in [0.05, 0.1) is 0 Å². The Morgan fingerprint density at radius 3 is 2.05 bits per heavy atom. The maximum Gasteiger partial charge on any atom is 0.430 e. The minimum Gasteiger partial charge on any atom is -0.356 e. The molecule has 1 aromatic rings. The van der Waals surface area contributed by atoms with Crippen molar-refractivity contribution in [1.29, 1.82) is 0 Å². The predicted molar refractivity (Wildman–Crippen MR) is 76.2 cm³/mol. The van der Waals surface area contributed by atoms with Crippen molar-refractivity contribution in [2.75, 3.05) is 7.11 Å². The first-order chi connectivity index (χ1) is 10.3. The average Bonchev–Trinajstić information content (AvgIpc) is 2.79. The number of nitrogens with zero attached hydrogens (tertiary/aromatic N) is 1. The van der Waals surface area contributed by atoms with Gasteiger partial charge in [-0.3, -0.25) is 4.79 Å². The molecule has 6 heteroatoms. The van der Waals surface area contributed by atoms with Crippen molar-refractivity contribution < 1.29 is 22.7 Å². The Bertz CT molecular complexity index is 522. The second kappa shape index (κ2) is 5.91. The molecule has 1 heterocycles.